The number of anilines is 1. The molecule has 1 N–H and O–H groups in total. The Kier molecular flexibility index (Phi) is 6.18. The van der Waals surface area contributed by atoms with Gasteiger partial charge >= 0.3 is 5.76 Å². The molecule has 2 aromatic carbocycles. The SMILES string of the molecule is Cc1cccc(N2CCN(C(=O)[C@@H]3CCCN(S(=O)(=O)c4ccc5[nH]c(=O)oc5c4)C3)CC2)c1C. The number of carbonyl (C=O) groups excluding carboxylic acids is 1. The number of amides is 1. The lowest BCUT2D eigenvalue weighted by Crippen LogP contribution is -2.53. The second kappa shape index (κ2) is 9.16. The summed E-state index contributed by atoms with van der Waals surface area (Å²) in [5.74, 6) is -0.965. The third-order valence-corrected chi connectivity index (χ3v) is 9.13. The molecule has 0 aliphatic carbocycles. The Bertz CT molecular complexity index is 1420. The van der Waals surface area contributed by atoms with Gasteiger partial charge in [-0.25, -0.2) is 13.2 Å². The van der Waals surface area contributed by atoms with E-state index in [9.17, 15) is 18.0 Å². The lowest BCUT2D eigenvalue weighted by Gasteiger charge is -2.40. The van der Waals surface area contributed by atoms with Gasteiger partial charge in [0.25, 0.3) is 0 Å². The normalized spacial score (nSPS) is 19.9. The first-order chi connectivity index (χ1) is 16.7. The maximum Gasteiger partial charge on any atom is 0.417 e. The van der Waals surface area contributed by atoms with Crippen LogP contribution in [-0.4, -0.2) is 67.8 Å². The quantitative estimate of drug-likeness (QED) is 0.592. The molecular formula is C25H30N4O5S. The highest BCUT2D eigenvalue weighted by atomic mass is 32.2. The molecule has 3 aromatic rings. The second-order valence-corrected chi connectivity index (χ2v) is 11.3. The number of oxazole rings is 1. The Labute approximate surface area is 204 Å². The molecule has 10 heteroatoms. The van der Waals surface area contributed by atoms with Crippen molar-refractivity contribution in [3.05, 3.63) is 58.1 Å². The van der Waals surface area contributed by atoms with E-state index in [4.69, 9.17) is 4.42 Å². The number of aryl methyl sites for hydroxylation is 1. The smallest absolute Gasteiger partial charge is 0.408 e. The monoisotopic (exact) mass is 498 g/mol. The first-order valence-corrected chi connectivity index (χ1v) is 13.4. The van der Waals surface area contributed by atoms with Gasteiger partial charge in [-0.1, -0.05) is 12.1 Å². The average molecular weight is 499 g/mol. The highest BCUT2D eigenvalue weighted by molar-refractivity contribution is 7.89. The molecule has 0 unspecified atom stereocenters. The molecule has 1 amide bonds. The van der Waals surface area contributed by atoms with Gasteiger partial charge in [0.05, 0.1) is 16.3 Å². The second-order valence-electron chi connectivity index (χ2n) is 9.41. The van der Waals surface area contributed by atoms with Crippen LogP contribution in [0.1, 0.15) is 24.0 Å². The van der Waals surface area contributed by atoms with Crippen molar-refractivity contribution in [2.45, 2.75) is 31.6 Å². The minimum absolute atomic E-state index is 0.0256. The number of rotatable bonds is 4. The summed E-state index contributed by atoms with van der Waals surface area (Å²) in [4.78, 5) is 31.5. The highest BCUT2D eigenvalue weighted by Gasteiger charge is 2.36. The summed E-state index contributed by atoms with van der Waals surface area (Å²) < 4.78 is 33.0. The molecule has 2 saturated heterocycles. The van der Waals surface area contributed by atoms with E-state index >= 15 is 0 Å². The van der Waals surface area contributed by atoms with Gasteiger partial charge in [-0.05, 0) is 56.0 Å². The molecule has 2 fully saturated rings. The number of aromatic amines is 1. The van der Waals surface area contributed by atoms with E-state index in [0.717, 1.165) is 13.1 Å². The van der Waals surface area contributed by atoms with Crippen LogP contribution in [0.15, 0.2) is 50.5 Å². The van der Waals surface area contributed by atoms with Gasteiger partial charge in [0.15, 0.2) is 5.58 Å². The third kappa shape index (κ3) is 4.48. The van der Waals surface area contributed by atoms with Crippen molar-refractivity contribution < 1.29 is 17.6 Å². The maximum atomic E-state index is 13.3. The topological polar surface area (TPSA) is 107 Å². The summed E-state index contributed by atoms with van der Waals surface area (Å²) in [6.45, 7) is 7.51. The predicted molar refractivity (Wildman–Crippen MR) is 133 cm³/mol. The van der Waals surface area contributed by atoms with Crippen LogP contribution in [0.3, 0.4) is 0 Å². The van der Waals surface area contributed by atoms with Crippen LogP contribution in [0.2, 0.25) is 0 Å². The first-order valence-electron chi connectivity index (χ1n) is 12.0. The molecule has 2 aliphatic rings. The molecule has 2 aliphatic heterocycles. The van der Waals surface area contributed by atoms with Crippen molar-refractivity contribution in [1.82, 2.24) is 14.2 Å². The molecule has 0 saturated carbocycles. The fourth-order valence-corrected chi connectivity index (χ4v) is 6.64. The number of hydrogen-bond donors (Lipinski definition) is 1. The minimum Gasteiger partial charge on any atom is -0.408 e. The number of carbonyl (C=O) groups is 1. The van der Waals surface area contributed by atoms with Crippen molar-refractivity contribution in [2.75, 3.05) is 44.2 Å². The lowest BCUT2D eigenvalue weighted by molar-refractivity contribution is -0.137. The van der Waals surface area contributed by atoms with Crippen LogP contribution in [0, 0.1) is 19.8 Å². The number of benzene rings is 2. The third-order valence-electron chi connectivity index (χ3n) is 7.27. The summed E-state index contributed by atoms with van der Waals surface area (Å²) in [5, 5.41) is 0. The van der Waals surface area contributed by atoms with Crippen LogP contribution in [-0.2, 0) is 14.8 Å². The number of sulfonamides is 1. The van der Waals surface area contributed by atoms with Crippen molar-refractivity contribution >= 4 is 32.7 Å². The Morgan fingerprint density at radius 1 is 1.06 bits per heavy atom. The number of piperidine rings is 1. The number of H-pyrrole nitrogens is 1. The molecule has 0 radical (unpaired) electrons. The van der Waals surface area contributed by atoms with Crippen LogP contribution >= 0.6 is 0 Å². The fraction of sp³-hybridized carbons (Fsp3) is 0.440. The van der Waals surface area contributed by atoms with Gasteiger partial charge in [0.2, 0.25) is 15.9 Å². The molecule has 5 rings (SSSR count). The molecule has 0 bridgehead atoms. The van der Waals surface area contributed by atoms with Gasteiger partial charge in [0, 0.05) is 51.0 Å². The maximum absolute atomic E-state index is 13.3. The zero-order chi connectivity index (χ0) is 24.7. The van der Waals surface area contributed by atoms with E-state index in [1.165, 1.54) is 39.3 Å². The molecule has 0 spiro atoms. The molecular weight excluding hydrogens is 468 g/mol. The number of aromatic nitrogens is 1. The molecule has 1 atom stereocenters. The molecule has 1 aromatic heterocycles. The number of hydrogen-bond acceptors (Lipinski definition) is 6. The Morgan fingerprint density at radius 2 is 1.83 bits per heavy atom. The van der Waals surface area contributed by atoms with E-state index in [1.54, 1.807) is 0 Å². The van der Waals surface area contributed by atoms with Crippen molar-refractivity contribution in [3.8, 4) is 0 Å². The van der Waals surface area contributed by atoms with Crippen LogP contribution in [0.5, 0.6) is 0 Å². The van der Waals surface area contributed by atoms with Crippen LogP contribution in [0.4, 0.5) is 5.69 Å². The largest absolute Gasteiger partial charge is 0.417 e. The Balaban J connectivity index is 1.26. The number of nitrogens with one attached hydrogen (secondary N) is 1. The van der Waals surface area contributed by atoms with E-state index in [1.807, 2.05) is 4.90 Å². The van der Waals surface area contributed by atoms with E-state index in [2.05, 4.69) is 41.9 Å². The Morgan fingerprint density at radius 3 is 2.60 bits per heavy atom. The van der Waals surface area contributed by atoms with Crippen molar-refractivity contribution in [2.24, 2.45) is 5.92 Å². The number of piperazine rings is 1. The first kappa shape index (κ1) is 23.6. The molecule has 9 nitrogen and oxygen atoms in total. The van der Waals surface area contributed by atoms with E-state index in [0.29, 0.717) is 38.0 Å². The number of fused-ring (bicyclic) bond motifs is 1. The van der Waals surface area contributed by atoms with E-state index < -0.39 is 15.8 Å². The van der Waals surface area contributed by atoms with Gasteiger partial charge in [-0.15, -0.1) is 0 Å². The zero-order valence-corrected chi connectivity index (χ0v) is 20.8. The zero-order valence-electron chi connectivity index (χ0n) is 20.0. The lowest BCUT2D eigenvalue weighted by atomic mass is 9.97. The average Bonchev–Trinajstić information content (AvgIpc) is 3.25. The molecule has 3 heterocycles. The summed E-state index contributed by atoms with van der Waals surface area (Å²) in [6.07, 6.45) is 1.30. The number of nitrogens with zero attached hydrogens (tertiary/aromatic N) is 3. The Hall–Kier alpha value is -3.11. The standard InChI is InChI=1S/C25H30N4O5S/c1-17-5-3-7-22(18(17)2)27-11-13-28(14-12-27)24(30)19-6-4-10-29(16-19)35(32,33)20-8-9-21-23(15-20)34-25(31)26-21/h3,5,7-9,15,19H,4,6,10-14,16H2,1-2H3,(H,26,31)/t19-/m1/s1. The molecule has 186 valence electrons. The van der Waals surface area contributed by atoms with Crippen LogP contribution < -0.4 is 10.7 Å². The van der Waals surface area contributed by atoms with Gasteiger partial charge in [0.1, 0.15) is 0 Å². The van der Waals surface area contributed by atoms with Gasteiger partial charge < -0.3 is 14.2 Å². The summed E-state index contributed by atoms with van der Waals surface area (Å²) in [7, 11) is -3.82. The molecule has 35 heavy (non-hydrogen) atoms. The van der Waals surface area contributed by atoms with Gasteiger partial charge in [-0.3, -0.25) is 9.78 Å². The predicted octanol–water partition coefficient (Wildman–Crippen LogP) is 2.49. The van der Waals surface area contributed by atoms with Crippen molar-refractivity contribution in [3.63, 3.8) is 0 Å². The highest BCUT2D eigenvalue weighted by Crippen LogP contribution is 2.28. The van der Waals surface area contributed by atoms with Gasteiger partial charge in [-0.2, -0.15) is 4.31 Å². The fourth-order valence-electron chi connectivity index (χ4n) is 5.10. The van der Waals surface area contributed by atoms with E-state index in [-0.39, 0.29) is 28.8 Å². The summed E-state index contributed by atoms with van der Waals surface area (Å²) in [6, 6.07) is 10.6. The minimum atomic E-state index is -3.82. The van der Waals surface area contributed by atoms with Crippen LogP contribution in [0.25, 0.3) is 11.1 Å². The summed E-state index contributed by atoms with van der Waals surface area (Å²) >= 11 is 0. The van der Waals surface area contributed by atoms with Crippen molar-refractivity contribution in [1.29, 1.82) is 0 Å². The summed E-state index contributed by atoms with van der Waals surface area (Å²) in [5.41, 5.74) is 4.37.